The molecule has 26 heavy (non-hydrogen) atoms. The first kappa shape index (κ1) is 18.5. The maximum absolute atomic E-state index is 12.5. The van der Waals surface area contributed by atoms with Crippen LogP contribution in [0.2, 0.25) is 0 Å². The van der Waals surface area contributed by atoms with Crippen molar-refractivity contribution in [2.24, 2.45) is 0 Å². The van der Waals surface area contributed by atoms with Gasteiger partial charge in [0.15, 0.2) is 0 Å². The second-order valence-electron chi connectivity index (χ2n) is 6.83. The van der Waals surface area contributed by atoms with Crippen LogP contribution in [0.3, 0.4) is 0 Å². The van der Waals surface area contributed by atoms with E-state index in [0.717, 1.165) is 25.3 Å². The monoisotopic (exact) mass is 352 g/mol. The Kier molecular flexibility index (Phi) is 6.72. The molecule has 1 N–H and O–H groups in total. The van der Waals surface area contributed by atoms with Gasteiger partial charge in [0.2, 0.25) is 0 Å². The topological polar surface area (TPSA) is 58.1 Å². The molecule has 0 saturated carbocycles. The van der Waals surface area contributed by atoms with E-state index < -0.39 is 0 Å². The first-order chi connectivity index (χ1) is 12.8. The van der Waals surface area contributed by atoms with Crippen molar-refractivity contribution in [1.82, 2.24) is 20.2 Å². The summed E-state index contributed by atoms with van der Waals surface area (Å²) in [6, 6.07) is 10.7. The molecule has 0 bridgehead atoms. The maximum atomic E-state index is 12.5. The Morgan fingerprint density at radius 3 is 2.35 bits per heavy atom. The number of aryl methyl sites for hydroxylation is 1. The lowest BCUT2D eigenvalue weighted by atomic mass is 10.0. The number of nitrogens with zero attached hydrogens (tertiary/aromatic N) is 3. The van der Waals surface area contributed by atoms with Crippen molar-refractivity contribution in [2.45, 2.75) is 45.1 Å². The fourth-order valence-corrected chi connectivity index (χ4v) is 3.49. The highest BCUT2D eigenvalue weighted by molar-refractivity contribution is 5.93. The summed E-state index contributed by atoms with van der Waals surface area (Å²) in [5.41, 5.74) is 1.78. The third-order valence-corrected chi connectivity index (χ3v) is 5.01. The van der Waals surface area contributed by atoms with Gasteiger partial charge in [-0.2, -0.15) is 0 Å². The molecule has 5 nitrogen and oxygen atoms in total. The van der Waals surface area contributed by atoms with E-state index in [9.17, 15) is 4.79 Å². The molecule has 2 heterocycles. The molecular formula is C21H28N4O. The first-order valence-corrected chi connectivity index (χ1v) is 9.66. The minimum atomic E-state index is -0.108. The molecule has 0 radical (unpaired) electrons. The number of likely N-dealkylation sites (tertiary alicyclic amines) is 1. The zero-order chi connectivity index (χ0) is 18.2. The molecular weight excluding hydrogens is 324 g/mol. The second kappa shape index (κ2) is 9.43. The lowest BCUT2D eigenvalue weighted by molar-refractivity contribution is 0.0932. The van der Waals surface area contributed by atoms with Crippen molar-refractivity contribution in [1.29, 1.82) is 0 Å². The van der Waals surface area contributed by atoms with Gasteiger partial charge in [-0.15, -0.1) is 0 Å². The van der Waals surface area contributed by atoms with Crippen molar-refractivity contribution >= 4 is 5.91 Å². The van der Waals surface area contributed by atoms with Gasteiger partial charge in [-0.3, -0.25) is 9.69 Å². The van der Waals surface area contributed by atoms with Gasteiger partial charge in [0, 0.05) is 25.4 Å². The predicted molar refractivity (Wildman–Crippen MR) is 103 cm³/mol. The summed E-state index contributed by atoms with van der Waals surface area (Å²) in [5, 5.41) is 3.09. The smallest absolute Gasteiger partial charge is 0.254 e. The van der Waals surface area contributed by atoms with Gasteiger partial charge in [0.05, 0.1) is 11.6 Å². The van der Waals surface area contributed by atoms with Crippen LogP contribution in [0.5, 0.6) is 0 Å². The van der Waals surface area contributed by atoms with Crippen LogP contribution in [0.4, 0.5) is 0 Å². The van der Waals surface area contributed by atoms with Gasteiger partial charge in [-0.05, 0) is 31.5 Å². The molecule has 1 aliphatic heterocycles. The zero-order valence-corrected chi connectivity index (χ0v) is 15.5. The molecule has 1 atom stereocenters. The SMILES string of the molecule is CCc1ncc(C(=O)NC[C@H](c2ccccc2)N2CCCCCC2)cn1. The number of carbonyl (C=O) groups is 1. The molecule has 1 fully saturated rings. The van der Waals surface area contributed by atoms with E-state index in [1.165, 1.54) is 31.2 Å². The highest BCUT2D eigenvalue weighted by Gasteiger charge is 2.22. The highest BCUT2D eigenvalue weighted by Crippen LogP contribution is 2.23. The number of amides is 1. The quantitative estimate of drug-likeness (QED) is 0.866. The average Bonchev–Trinajstić information content (AvgIpc) is 2.98. The van der Waals surface area contributed by atoms with Crippen LogP contribution in [0.15, 0.2) is 42.7 Å². The number of carbonyl (C=O) groups excluding carboxylic acids is 1. The summed E-state index contributed by atoms with van der Waals surface area (Å²) in [4.78, 5) is 23.5. The maximum Gasteiger partial charge on any atom is 0.254 e. The van der Waals surface area contributed by atoms with Crippen LogP contribution in [-0.2, 0) is 6.42 Å². The van der Waals surface area contributed by atoms with Crippen molar-refractivity contribution in [3.63, 3.8) is 0 Å². The van der Waals surface area contributed by atoms with Gasteiger partial charge >= 0.3 is 0 Å². The molecule has 2 aromatic rings. The van der Waals surface area contributed by atoms with Gasteiger partial charge in [0.1, 0.15) is 5.82 Å². The van der Waals surface area contributed by atoms with Crippen LogP contribution >= 0.6 is 0 Å². The van der Waals surface area contributed by atoms with Crippen molar-refractivity contribution in [3.05, 3.63) is 59.7 Å². The van der Waals surface area contributed by atoms with Crippen LogP contribution < -0.4 is 5.32 Å². The predicted octanol–water partition coefficient (Wildman–Crippen LogP) is 3.39. The van der Waals surface area contributed by atoms with E-state index in [2.05, 4.69) is 44.5 Å². The number of hydrogen-bond acceptors (Lipinski definition) is 4. The summed E-state index contributed by atoms with van der Waals surface area (Å²) >= 11 is 0. The third-order valence-electron chi connectivity index (χ3n) is 5.01. The van der Waals surface area contributed by atoms with E-state index >= 15 is 0 Å². The molecule has 1 amide bonds. The largest absolute Gasteiger partial charge is 0.350 e. The minimum absolute atomic E-state index is 0.108. The van der Waals surface area contributed by atoms with Crippen molar-refractivity contribution in [3.8, 4) is 0 Å². The molecule has 1 aromatic carbocycles. The molecule has 0 spiro atoms. The van der Waals surface area contributed by atoms with E-state index in [4.69, 9.17) is 0 Å². The van der Waals surface area contributed by atoms with Crippen LogP contribution in [-0.4, -0.2) is 40.4 Å². The third kappa shape index (κ3) is 4.88. The Morgan fingerprint density at radius 1 is 1.08 bits per heavy atom. The summed E-state index contributed by atoms with van der Waals surface area (Å²) in [7, 11) is 0. The summed E-state index contributed by atoms with van der Waals surface area (Å²) in [6.07, 6.45) is 9.05. The van der Waals surface area contributed by atoms with Gasteiger partial charge in [-0.25, -0.2) is 9.97 Å². The number of nitrogens with one attached hydrogen (secondary N) is 1. The Hall–Kier alpha value is -2.27. The Bertz CT molecular complexity index is 679. The van der Waals surface area contributed by atoms with E-state index in [-0.39, 0.29) is 11.9 Å². The fourth-order valence-electron chi connectivity index (χ4n) is 3.49. The van der Waals surface area contributed by atoms with E-state index in [1.807, 2.05) is 13.0 Å². The number of rotatable bonds is 6. The molecule has 1 saturated heterocycles. The van der Waals surface area contributed by atoms with Crippen molar-refractivity contribution in [2.75, 3.05) is 19.6 Å². The van der Waals surface area contributed by atoms with E-state index in [0.29, 0.717) is 12.1 Å². The number of benzene rings is 1. The Labute approximate surface area is 155 Å². The lowest BCUT2D eigenvalue weighted by Crippen LogP contribution is -2.38. The molecule has 3 rings (SSSR count). The molecule has 1 aliphatic rings. The molecule has 5 heteroatoms. The summed E-state index contributed by atoms with van der Waals surface area (Å²) < 4.78 is 0. The first-order valence-electron chi connectivity index (χ1n) is 9.66. The average molecular weight is 352 g/mol. The lowest BCUT2D eigenvalue weighted by Gasteiger charge is -2.31. The Balaban J connectivity index is 1.69. The van der Waals surface area contributed by atoms with Gasteiger partial charge < -0.3 is 5.32 Å². The van der Waals surface area contributed by atoms with Crippen LogP contribution in [0.1, 0.15) is 60.4 Å². The molecule has 0 aliphatic carbocycles. The summed E-state index contributed by atoms with van der Waals surface area (Å²) in [6.45, 7) is 4.77. The zero-order valence-electron chi connectivity index (χ0n) is 15.5. The molecule has 0 unspecified atom stereocenters. The normalized spacial score (nSPS) is 16.7. The minimum Gasteiger partial charge on any atom is -0.350 e. The van der Waals surface area contributed by atoms with Gasteiger partial charge in [0.25, 0.3) is 5.91 Å². The van der Waals surface area contributed by atoms with Crippen molar-refractivity contribution < 1.29 is 4.79 Å². The number of hydrogen-bond donors (Lipinski definition) is 1. The fraction of sp³-hybridized carbons (Fsp3) is 0.476. The Morgan fingerprint density at radius 2 is 1.73 bits per heavy atom. The summed E-state index contributed by atoms with van der Waals surface area (Å²) in [5.74, 6) is 0.650. The standard InChI is InChI=1S/C21H28N4O/c1-2-20-22-14-18(15-23-20)21(26)24-16-19(17-10-6-5-7-11-17)25-12-8-3-4-9-13-25/h5-7,10-11,14-15,19H,2-4,8-9,12-13,16H2,1H3,(H,24,26)/t19-/m1/s1. The van der Waals surface area contributed by atoms with Gasteiger partial charge in [-0.1, -0.05) is 50.1 Å². The second-order valence-corrected chi connectivity index (χ2v) is 6.83. The molecule has 138 valence electrons. The van der Waals surface area contributed by atoms with Crippen LogP contribution in [0.25, 0.3) is 0 Å². The van der Waals surface area contributed by atoms with E-state index in [1.54, 1.807) is 12.4 Å². The molecule has 1 aromatic heterocycles. The van der Waals surface area contributed by atoms with Crippen LogP contribution in [0, 0.1) is 0 Å². The highest BCUT2D eigenvalue weighted by atomic mass is 16.1. The number of aromatic nitrogens is 2.